The van der Waals surface area contributed by atoms with Crippen molar-refractivity contribution in [3.8, 4) is 11.5 Å². The molecule has 110 valence electrons. The standard InChI is InChI=1S/C16H18N2O3/c1-11-10-13(18(3)16(20)17(11)2)9-8-12-6-5-7-14(21-4)15(12)19/h5-10H,1-4H3/p+1. The first-order valence-electron chi connectivity index (χ1n) is 6.56. The van der Waals surface area contributed by atoms with E-state index in [0.29, 0.717) is 11.3 Å². The summed E-state index contributed by atoms with van der Waals surface area (Å²) in [4.78, 5) is 12.0. The number of benzene rings is 1. The SMILES string of the molecule is COc1cccc(/C=C/c2cc(C)n(C)c(=O)[n+]2C)c1O. The van der Waals surface area contributed by atoms with E-state index in [-0.39, 0.29) is 11.4 Å². The number of hydrogen-bond donors (Lipinski definition) is 1. The number of para-hydroxylation sites is 1. The van der Waals surface area contributed by atoms with E-state index in [1.54, 1.807) is 53.6 Å². The molecular weight excluding hydrogens is 268 g/mol. The maximum atomic E-state index is 12.0. The van der Waals surface area contributed by atoms with Crippen LogP contribution in [0.15, 0.2) is 29.1 Å². The molecule has 1 heterocycles. The first-order chi connectivity index (χ1) is 9.95. The van der Waals surface area contributed by atoms with Gasteiger partial charge < -0.3 is 9.84 Å². The van der Waals surface area contributed by atoms with Gasteiger partial charge in [0.2, 0.25) is 0 Å². The minimum atomic E-state index is -0.0930. The lowest BCUT2D eigenvalue weighted by atomic mass is 10.1. The lowest BCUT2D eigenvalue weighted by Crippen LogP contribution is -2.53. The van der Waals surface area contributed by atoms with Gasteiger partial charge in [-0.15, -0.1) is 0 Å². The quantitative estimate of drug-likeness (QED) is 0.868. The predicted octanol–water partition coefficient (Wildman–Crippen LogP) is 1.40. The van der Waals surface area contributed by atoms with Crippen LogP contribution in [-0.4, -0.2) is 16.8 Å². The monoisotopic (exact) mass is 287 g/mol. The van der Waals surface area contributed by atoms with Crippen LogP contribution in [0.3, 0.4) is 0 Å². The number of hydrogen-bond acceptors (Lipinski definition) is 3. The largest absolute Gasteiger partial charge is 0.504 e. The third kappa shape index (κ3) is 2.81. The Morgan fingerprint density at radius 2 is 2.05 bits per heavy atom. The molecule has 0 amide bonds. The Labute approximate surface area is 123 Å². The Morgan fingerprint density at radius 3 is 2.71 bits per heavy atom. The van der Waals surface area contributed by atoms with Crippen molar-refractivity contribution in [2.45, 2.75) is 6.92 Å². The van der Waals surface area contributed by atoms with E-state index in [0.717, 1.165) is 11.4 Å². The fraction of sp³-hybridized carbons (Fsp3) is 0.250. The van der Waals surface area contributed by atoms with Gasteiger partial charge in [-0.05, 0) is 25.1 Å². The number of rotatable bonds is 3. The Bertz CT molecular complexity index is 761. The van der Waals surface area contributed by atoms with Gasteiger partial charge >= 0.3 is 5.69 Å². The summed E-state index contributed by atoms with van der Waals surface area (Å²) in [6.45, 7) is 1.88. The Hall–Kier alpha value is -2.56. The van der Waals surface area contributed by atoms with E-state index < -0.39 is 0 Å². The van der Waals surface area contributed by atoms with Crippen LogP contribution in [-0.2, 0) is 14.1 Å². The van der Waals surface area contributed by atoms with Crippen molar-refractivity contribution in [1.82, 2.24) is 4.57 Å². The Morgan fingerprint density at radius 1 is 1.33 bits per heavy atom. The van der Waals surface area contributed by atoms with E-state index in [9.17, 15) is 9.90 Å². The molecule has 0 fully saturated rings. The molecule has 0 radical (unpaired) electrons. The zero-order valence-corrected chi connectivity index (χ0v) is 12.6. The third-order valence-corrected chi connectivity index (χ3v) is 3.53. The van der Waals surface area contributed by atoms with Crippen molar-refractivity contribution >= 4 is 12.2 Å². The van der Waals surface area contributed by atoms with Crippen LogP contribution in [0.4, 0.5) is 0 Å². The molecule has 2 aromatic rings. The molecule has 21 heavy (non-hydrogen) atoms. The zero-order chi connectivity index (χ0) is 15.6. The van der Waals surface area contributed by atoms with Gasteiger partial charge in [0, 0.05) is 11.6 Å². The number of aromatic nitrogens is 2. The van der Waals surface area contributed by atoms with E-state index in [1.807, 2.05) is 13.0 Å². The molecule has 1 aromatic heterocycles. The summed E-state index contributed by atoms with van der Waals surface area (Å²) in [6.07, 6.45) is 3.55. The molecule has 0 saturated heterocycles. The minimum Gasteiger partial charge on any atom is -0.504 e. The summed E-state index contributed by atoms with van der Waals surface area (Å²) in [5.74, 6) is 0.501. The molecular formula is C16H19N2O3+. The van der Waals surface area contributed by atoms with Crippen LogP contribution in [0.2, 0.25) is 0 Å². The highest BCUT2D eigenvalue weighted by Gasteiger charge is 2.12. The van der Waals surface area contributed by atoms with Crippen molar-refractivity contribution in [1.29, 1.82) is 0 Å². The van der Waals surface area contributed by atoms with Crippen LogP contribution in [0.5, 0.6) is 11.5 Å². The number of aryl methyl sites for hydroxylation is 1. The van der Waals surface area contributed by atoms with Gasteiger partial charge in [0.1, 0.15) is 11.4 Å². The summed E-state index contributed by atoms with van der Waals surface area (Å²) in [5.41, 5.74) is 2.17. The molecule has 1 aromatic carbocycles. The van der Waals surface area contributed by atoms with Gasteiger partial charge in [0.15, 0.2) is 11.5 Å². The summed E-state index contributed by atoms with van der Waals surface area (Å²) < 4.78 is 8.21. The van der Waals surface area contributed by atoms with Crippen LogP contribution in [0.1, 0.15) is 17.0 Å². The van der Waals surface area contributed by atoms with Gasteiger partial charge in [-0.25, -0.2) is 0 Å². The van der Waals surface area contributed by atoms with Crippen LogP contribution in [0.25, 0.3) is 12.2 Å². The second-order valence-corrected chi connectivity index (χ2v) is 4.84. The van der Waals surface area contributed by atoms with Crippen molar-refractivity contribution in [2.24, 2.45) is 14.1 Å². The highest BCUT2D eigenvalue weighted by molar-refractivity contribution is 5.72. The van der Waals surface area contributed by atoms with Gasteiger partial charge in [0.25, 0.3) is 0 Å². The molecule has 0 spiro atoms. The number of aromatic hydroxyl groups is 1. The van der Waals surface area contributed by atoms with Gasteiger partial charge in [-0.2, -0.15) is 13.9 Å². The van der Waals surface area contributed by atoms with Crippen LogP contribution < -0.4 is 15.0 Å². The van der Waals surface area contributed by atoms with Crippen LogP contribution in [0, 0.1) is 6.92 Å². The molecule has 0 saturated carbocycles. The summed E-state index contributed by atoms with van der Waals surface area (Å²) in [5, 5.41) is 10.0. The van der Waals surface area contributed by atoms with Gasteiger partial charge in [0.05, 0.1) is 21.2 Å². The summed E-state index contributed by atoms with van der Waals surface area (Å²) >= 11 is 0. The molecule has 1 N–H and O–H groups in total. The number of phenolic OH excluding ortho intramolecular Hbond substituents is 1. The smallest absolute Gasteiger partial charge is 0.498 e. The fourth-order valence-electron chi connectivity index (χ4n) is 2.07. The maximum Gasteiger partial charge on any atom is 0.498 e. The fourth-order valence-corrected chi connectivity index (χ4v) is 2.07. The predicted molar refractivity (Wildman–Crippen MR) is 81.2 cm³/mol. The summed E-state index contributed by atoms with van der Waals surface area (Å²) in [6, 6.07) is 7.18. The topological polar surface area (TPSA) is 55.3 Å². The molecule has 0 aliphatic heterocycles. The van der Waals surface area contributed by atoms with E-state index >= 15 is 0 Å². The number of phenols is 1. The van der Waals surface area contributed by atoms with E-state index in [2.05, 4.69) is 0 Å². The highest BCUT2D eigenvalue weighted by atomic mass is 16.5. The van der Waals surface area contributed by atoms with Crippen molar-refractivity contribution < 1.29 is 14.4 Å². The van der Waals surface area contributed by atoms with Crippen molar-refractivity contribution in [2.75, 3.05) is 7.11 Å². The molecule has 0 aliphatic carbocycles. The average Bonchev–Trinajstić information content (AvgIpc) is 2.48. The number of ether oxygens (including phenoxy) is 1. The lowest BCUT2D eigenvalue weighted by molar-refractivity contribution is -0.692. The molecule has 5 heteroatoms. The van der Waals surface area contributed by atoms with Gasteiger partial charge in [-0.3, -0.25) is 0 Å². The van der Waals surface area contributed by atoms with Crippen LogP contribution >= 0.6 is 0 Å². The van der Waals surface area contributed by atoms with E-state index in [1.165, 1.54) is 7.11 Å². The number of methoxy groups -OCH3 is 1. The van der Waals surface area contributed by atoms with E-state index in [4.69, 9.17) is 4.74 Å². The first kappa shape index (κ1) is 14.8. The molecule has 0 aliphatic rings. The third-order valence-electron chi connectivity index (χ3n) is 3.53. The zero-order valence-electron chi connectivity index (χ0n) is 12.6. The van der Waals surface area contributed by atoms with Crippen molar-refractivity contribution in [3.63, 3.8) is 0 Å². The molecule has 0 atom stereocenters. The Balaban J connectivity index is 2.46. The second-order valence-electron chi connectivity index (χ2n) is 4.84. The van der Waals surface area contributed by atoms with Crippen molar-refractivity contribution in [3.05, 3.63) is 51.7 Å². The number of nitrogens with zero attached hydrogens (tertiary/aromatic N) is 2. The molecule has 2 rings (SSSR count). The average molecular weight is 287 g/mol. The lowest BCUT2D eigenvalue weighted by Gasteiger charge is -2.05. The normalized spacial score (nSPS) is 11.0. The summed E-state index contributed by atoms with van der Waals surface area (Å²) in [7, 11) is 4.96. The first-order valence-corrected chi connectivity index (χ1v) is 6.56. The maximum absolute atomic E-state index is 12.0. The second kappa shape index (κ2) is 5.83. The van der Waals surface area contributed by atoms with Gasteiger partial charge in [-0.1, -0.05) is 12.1 Å². The minimum absolute atomic E-state index is 0.0828. The molecule has 0 bridgehead atoms. The molecule has 5 nitrogen and oxygen atoms in total. The molecule has 0 unspecified atom stereocenters. The highest BCUT2D eigenvalue weighted by Crippen LogP contribution is 2.30. The Kier molecular flexibility index (Phi) is 4.12.